The van der Waals surface area contributed by atoms with Gasteiger partial charge in [-0.05, 0) is 27.1 Å². The Kier molecular flexibility index (Phi) is 7.01. The Morgan fingerprint density at radius 2 is 1.94 bits per heavy atom. The van der Waals surface area contributed by atoms with Crippen molar-refractivity contribution >= 4 is 0 Å². The second-order valence-corrected chi connectivity index (χ2v) is 5.16. The Balaban J connectivity index is 2.02. The minimum absolute atomic E-state index is 0.699. The third-order valence-corrected chi connectivity index (χ3v) is 3.57. The Morgan fingerprint density at radius 1 is 1.12 bits per heavy atom. The van der Waals surface area contributed by atoms with Gasteiger partial charge in [0.15, 0.2) is 0 Å². The molecule has 0 amide bonds. The highest BCUT2D eigenvalue weighted by atomic mass is 15.3. The molecule has 0 aromatic carbocycles. The molecular formula is C13H29N3. The molecule has 1 heterocycles. The maximum Gasteiger partial charge on any atom is 0.0345 e. The van der Waals surface area contributed by atoms with Gasteiger partial charge in [-0.25, -0.2) is 0 Å². The minimum atomic E-state index is 0.699. The SMILES string of the molecule is CCCCCCNCC1CN(C)CCN1C. The second-order valence-electron chi connectivity index (χ2n) is 5.16. The van der Waals surface area contributed by atoms with E-state index in [4.69, 9.17) is 0 Å². The third kappa shape index (κ3) is 5.28. The van der Waals surface area contributed by atoms with E-state index in [0.29, 0.717) is 6.04 Å². The van der Waals surface area contributed by atoms with Crippen LogP contribution in [0.15, 0.2) is 0 Å². The monoisotopic (exact) mass is 227 g/mol. The summed E-state index contributed by atoms with van der Waals surface area (Å²) in [6.45, 7) is 8.22. The number of hydrogen-bond acceptors (Lipinski definition) is 3. The van der Waals surface area contributed by atoms with E-state index in [-0.39, 0.29) is 0 Å². The zero-order valence-corrected chi connectivity index (χ0v) is 11.3. The number of hydrogen-bond donors (Lipinski definition) is 1. The van der Waals surface area contributed by atoms with E-state index >= 15 is 0 Å². The van der Waals surface area contributed by atoms with Crippen LogP contribution in [-0.2, 0) is 0 Å². The fourth-order valence-electron chi connectivity index (χ4n) is 2.27. The lowest BCUT2D eigenvalue weighted by atomic mass is 10.1. The Morgan fingerprint density at radius 3 is 2.69 bits per heavy atom. The summed E-state index contributed by atoms with van der Waals surface area (Å²) in [4.78, 5) is 4.92. The van der Waals surface area contributed by atoms with E-state index in [9.17, 15) is 0 Å². The van der Waals surface area contributed by atoms with Crippen molar-refractivity contribution in [2.75, 3.05) is 46.8 Å². The number of piperazine rings is 1. The third-order valence-electron chi connectivity index (χ3n) is 3.57. The van der Waals surface area contributed by atoms with E-state index in [0.717, 1.165) is 6.54 Å². The molecule has 0 aliphatic carbocycles. The van der Waals surface area contributed by atoms with Crippen molar-refractivity contribution < 1.29 is 0 Å². The van der Waals surface area contributed by atoms with Crippen molar-refractivity contribution in [2.45, 2.75) is 38.6 Å². The van der Waals surface area contributed by atoms with Gasteiger partial charge in [0.05, 0.1) is 0 Å². The molecule has 96 valence electrons. The van der Waals surface area contributed by atoms with Crippen LogP contribution in [0, 0.1) is 0 Å². The molecule has 16 heavy (non-hydrogen) atoms. The van der Waals surface area contributed by atoms with Crippen molar-refractivity contribution in [1.82, 2.24) is 15.1 Å². The highest BCUT2D eigenvalue weighted by Crippen LogP contribution is 2.04. The van der Waals surface area contributed by atoms with Crippen molar-refractivity contribution in [3.63, 3.8) is 0 Å². The van der Waals surface area contributed by atoms with Gasteiger partial charge in [0.25, 0.3) is 0 Å². The van der Waals surface area contributed by atoms with E-state index in [1.54, 1.807) is 0 Å². The van der Waals surface area contributed by atoms with Crippen LogP contribution in [0.4, 0.5) is 0 Å². The van der Waals surface area contributed by atoms with Crippen molar-refractivity contribution in [3.05, 3.63) is 0 Å². The summed E-state index contributed by atoms with van der Waals surface area (Å²) >= 11 is 0. The predicted molar refractivity (Wildman–Crippen MR) is 70.9 cm³/mol. The van der Waals surface area contributed by atoms with Gasteiger partial charge in [0.1, 0.15) is 0 Å². The predicted octanol–water partition coefficient (Wildman–Crippen LogP) is 1.40. The van der Waals surface area contributed by atoms with Crippen molar-refractivity contribution in [2.24, 2.45) is 0 Å². The van der Waals surface area contributed by atoms with E-state index in [2.05, 4.69) is 36.1 Å². The summed E-state index contributed by atoms with van der Waals surface area (Å²) in [7, 11) is 4.47. The molecule has 0 aromatic rings. The maximum absolute atomic E-state index is 3.60. The smallest absolute Gasteiger partial charge is 0.0345 e. The first-order chi connectivity index (χ1) is 7.74. The quantitative estimate of drug-likeness (QED) is 0.663. The molecule has 1 fully saturated rings. The number of nitrogens with zero attached hydrogens (tertiary/aromatic N) is 2. The zero-order chi connectivity index (χ0) is 11.8. The average Bonchev–Trinajstić information content (AvgIpc) is 2.28. The first-order valence-corrected chi connectivity index (χ1v) is 6.83. The summed E-state index contributed by atoms with van der Waals surface area (Å²) in [5, 5.41) is 3.60. The molecular weight excluding hydrogens is 198 g/mol. The number of nitrogens with one attached hydrogen (secondary N) is 1. The Labute approximate surface area is 101 Å². The molecule has 0 aromatic heterocycles. The van der Waals surface area contributed by atoms with E-state index < -0.39 is 0 Å². The van der Waals surface area contributed by atoms with Crippen LogP contribution in [-0.4, -0.2) is 62.7 Å². The van der Waals surface area contributed by atoms with Crippen LogP contribution in [0.3, 0.4) is 0 Å². The molecule has 3 nitrogen and oxygen atoms in total. The van der Waals surface area contributed by atoms with Crippen LogP contribution in [0.1, 0.15) is 32.6 Å². The van der Waals surface area contributed by atoms with Crippen molar-refractivity contribution in [1.29, 1.82) is 0 Å². The lowest BCUT2D eigenvalue weighted by molar-refractivity contribution is 0.113. The van der Waals surface area contributed by atoms with E-state index in [1.165, 1.54) is 51.9 Å². The lowest BCUT2D eigenvalue weighted by Crippen LogP contribution is -2.53. The highest BCUT2D eigenvalue weighted by molar-refractivity contribution is 4.80. The number of rotatable bonds is 7. The first-order valence-electron chi connectivity index (χ1n) is 6.83. The topological polar surface area (TPSA) is 18.5 Å². The molecule has 0 saturated carbocycles. The molecule has 1 N–H and O–H groups in total. The fourth-order valence-corrected chi connectivity index (χ4v) is 2.27. The molecule has 0 spiro atoms. The number of unbranched alkanes of at least 4 members (excludes halogenated alkanes) is 3. The first kappa shape index (κ1) is 13.9. The highest BCUT2D eigenvalue weighted by Gasteiger charge is 2.21. The summed E-state index contributed by atoms with van der Waals surface area (Å²) in [5.41, 5.74) is 0. The van der Waals surface area contributed by atoms with Gasteiger partial charge in [-0.2, -0.15) is 0 Å². The van der Waals surface area contributed by atoms with Crippen LogP contribution in [0.25, 0.3) is 0 Å². The molecule has 0 radical (unpaired) electrons. The maximum atomic E-state index is 3.60. The largest absolute Gasteiger partial charge is 0.315 e. The lowest BCUT2D eigenvalue weighted by Gasteiger charge is -2.37. The Bertz CT molecular complexity index is 173. The fraction of sp³-hybridized carbons (Fsp3) is 1.00. The van der Waals surface area contributed by atoms with E-state index in [1.807, 2.05) is 0 Å². The van der Waals surface area contributed by atoms with Gasteiger partial charge < -0.3 is 10.2 Å². The molecule has 1 atom stereocenters. The Hall–Kier alpha value is -0.120. The average molecular weight is 227 g/mol. The molecule has 1 unspecified atom stereocenters. The summed E-state index contributed by atoms with van der Waals surface area (Å²) in [6, 6.07) is 0.699. The van der Waals surface area contributed by atoms with Crippen LogP contribution in [0.5, 0.6) is 0 Å². The van der Waals surface area contributed by atoms with Gasteiger partial charge >= 0.3 is 0 Å². The minimum Gasteiger partial charge on any atom is -0.315 e. The van der Waals surface area contributed by atoms with Gasteiger partial charge in [-0.15, -0.1) is 0 Å². The van der Waals surface area contributed by atoms with Gasteiger partial charge in [-0.1, -0.05) is 26.2 Å². The molecule has 3 heteroatoms. The second kappa shape index (κ2) is 8.04. The summed E-state index contributed by atoms with van der Waals surface area (Å²) in [6.07, 6.45) is 5.42. The number of likely N-dealkylation sites (N-methyl/N-ethyl adjacent to an activating group) is 2. The molecule has 1 aliphatic rings. The molecule has 1 aliphatic heterocycles. The summed E-state index contributed by atoms with van der Waals surface area (Å²) < 4.78 is 0. The van der Waals surface area contributed by atoms with Gasteiger partial charge in [0.2, 0.25) is 0 Å². The van der Waals surface area contributed by atoms with Crippen LogP contribution >= 0.6 is 0 Å². The normalized spacial score (nSPS) is 23.8. The van der Waals surface area contributed by atoms with Gasteiger partial charge in [-0.3, -0.25) is 4.90 Å². The van der Waals surface area contributed by atoms with Crippen LogP contribution in [0.2, 0.25) is 0 Å². The molecule has 0 bridgehead atoms. The van der Waals surface area contributed by atoms with Crippen LogP contribution < -0.4 is 5.32 Å². The van der Waals surface area contributed by atoms with Gasteiger partial charge in [0, 0.05) is 32.2 Å². The molecule has 1 saturated heterocycles. The van der Waals surface area contributed by atoms with Crippen molar-refractivity contribution in [3.8, 4) is 0 Å². The standard InChI is InChI=1S/C13H29N3/c1-4-5-6-7-8-14-11-13-12-15(2)9-10-16(13)3/h13-14H,4-12H2,1-3H3. The zero-order valence-electron chi connectivity index (χ0n) is 11.3. The summed E-state index contributed by atoms with van der Waals surface area (Å²) in [5.74, 6) is 0. The molecule has 1 rings (SSSR count).